The van der Waals surface area contributed by atoms with Crippen molar-refractivity contribution in [1.82, 2.24) is 5.32 Å². The normalized spacial score (nSPS) is 22.4. The van der Waals surface area contributed by atoms with Gasteiger partial charge in [-0.3, -0.25) is 4.79 Å². The Morgan fingerprint density at radius 1 is 1.14 bits per heavy atom. The summed E-state index contributed by atoms with van der Waals surface area (Å²) < 4.78 is 17.9. The first-order valence-corrected chi connectivity index (χ1v) is 13.0. The van der Waals surface area contributed by atoms with Gasteiger partial charge in [-0.2, -0.15) is 0 Å². The molecule has 6 nitrogen and oxygen atoms in total. The Morgan fingerprint density at radius 3 is 2.57 bits per heavy atom. The molecular formula is C29H39NO5. The van der Waals surface area contributed by atoms with E-state index in [1.54, 1.807) is 7.11 Å². The largest absolute Gasteiger partial charge is 0.493 e. The molecule has 3 aliphatic rings. The monoisotopic (exact) mass is 481 g/mol. The molecule has 0 aromatic heterocycles. The van der Waals surface area contributed by atoms with Gasteiger partial charge in [-0.05, 0) is 56.9 Å². The van der Waals surface area contributed by atoms with Gasteiger partial charge in [-0.15, -0.1) is 0 Å². The van der Waals surface area contributed by atoms with E-state index < -0.39 is 5.92 Å². The van der Waals surface area contributed by atoms with E-state index in [-0.39, 0.29) is 23.3 Å². The summed E-state index contributed by atoms with van der Waals surface area (Å²) in [7, 11) is 1.61. The van der Waals surface area contributed by atoms with E-state index in [1.165, 1.54) is 6.42 Å². The van der Waals surface area contributed by atoms with Crippen LogP contribution in [-0.4, -0.2) is 31.6 Å². The van der Waals surface area contributed by atoms with Crippen LogP contribution in [0.4, 0.5) is 0 Å². The second kappa shape index (κ2) is 10.5. The molecule has 0 spiro atoms. The number of esters is 1. The summed E-state index contributed by atoms with van der Waals surface area (Å²) in [5.74, 6) is 0.337. The average molecular weight is 482 g/mol. The first-order valence-electron chi connectivity index (χ1n) is 13.0. The number of methoxy groups -OCH3 is 1. The lowest BCUT2D eigenvalue weighted by Gasteiger charge is -2.40. The number of para-hydroxylation sites is 1. The number of ketones is 1. The highest BCUT2D eigenvalue weighted by atomic mass is 16.5. The molecular weight excluding hydrogens is 442 g/mol. The molecule has 1 aliphatic heterocycles. The summed E-state index contributed by atoms with van der Waals surface area (Å²) in [5.41, 5.74) is 3.41. The molecule has 35 heavy (non-hydrogen) atoms. The maximum Gasteiger partial charge on any atom is 0.337 e. The number of allylic oxidation sites excluding steroid dienone is 3. The predicted molar refractivity (Wildman–Crippen MR) is 135 cm³/mol. The standard InChI is InChI=1S/C29H39NO5/c1-6-15-34-27-20(13-10-14-23(27)33-5)25-24(28(32)35-19-11-8-7-9-12-19)18(2)30-21-16-29(3,4)17-22(31)26(21)25/h10,13-14,19,25,30H,6-9,11-12,15-17H2,1-5H3/t25-/m1/s1. The van der Waals surface area contributed by atoms with Gasteiger partial charge in [0, 0.05) is 29.0 Å². The number of hydrogen-bond donors (Lipinski definition) is 1. The highest BCUT2D eigenvalue weighted by molar-refractivity contribution is 6.04. The zero-order valence-corrected chi connectivity index (χ0v) is 21.8. The highest BCUT2D eigenvalue weighted by Gasteiger charge is 2.44. The fourth-order valence-electron chi connectivity index (χ4n) is 5.69. The fourth-order valence-corrected chi connectivity index (χ4v) is 5.69. The van der Waals surface area contributed by atoms with Crippen molar-refractivity contribution in [1.29, 1.82) is 0 Å². The SMILES string of the molecule is CCCOc1c(OC)cccc1[C@@H]1C(C(=O)OC2CCCCC2)=C(C)NC2=C1C(=O)CC(C)(C)C2. The van der Waals surface area contributed by atoms with Crippen molar-refractivity contribution in [2.75, 3.05) is 13.7 Å². The van der Waals surface area contributed by atoms with Crippen molar-refractivity contribution in [3.63, 3.8) is 0 Å². The van der Waals surface area contributed by atoms with Gasteiger partial charge in [-0.25, -0.2) is 4.79 Å². The molecule has 0 saturated heterocycles. The van der Waals surface area contributed by atoms with Crippen LogP contribution in [0.15, 0.2) is 40.7 Å². The van der Waals surface area contributed by atoms with Crippen LogP contribution in [-0.2, 0) is 14.3 Å². The molecule has 1 heterocycles. The van der Waals surface area contributed by atoms with Crippen molar-refractivity contribution in [3.05, 3.63) is 46.3 Å². The number of Topliss-reactive ketones (excluding diaryl/α,β-unsaturated/α-hetero) is 1. The number of dihydropyridines is 1. The van der Waals surface area contributed by atoms with Gasteiger partial charge in [-0.1, -0.05) is 39.3 Å². The Kier molecular flexibility index (Phi) is 7.58. The lowest BCUT2D eigenvalue weighted by Crippen LogP contribution is -2.39. The summed E-state index contributed by atoms with van der Waals surface area (Å²) in [6, 6.07) is 5.70. The minimum absolute atomic E-state index is 0.0634. The van der Waals surface area contributed by atoms with Crippen LogP contribution < -0.4 is 14.8 Å². The third-order valence-corrected chi connectivity index (χ3v) is 7.28. The summed E-state index contributed by atoms with van der Waals surface area (Å²) in [4.78, 5) is 27.4. The predicted octanol–water partition coefficient (Wildman–Crippen LogP) is 5.96. The zero-order chi connectivity index (χ0) is 25.2. The van der Waals surface area contributed by atoms with Crippen molar-refractivity contribution in [2.24, 2.45) is 5.41 Å². The smallest absolute Gasteiger partial charge is 0.337 e. The topological polar surface area (TPSA) is 73.9 Å². The quantitative estimate of drug-likeness (QED) is 0.484. The number of nitrogens with one attached hydrogen (secondary N) is 1. The summed E-state index contributed by atoms with van der Waals surface area (Å²) in [6.45, 7) is 8.68. The van der Waals surface area contributed by atoms with E-state index in [0.717, 1.165) is 55.5 Å². The Morgan fingerprint density at radius 2 is 1.89 bits per heavy atom. The molecule has 1 N–H and O–H groups in total. The lowest BCUT2D eigenvalue weighted by atomic mass is 9.68. The molecule has 1 aromatic rings. The Bertz CT molecular complexity index is 1050. The van der Waals surface area contributed by atoms with Gasteiger partial charge in [0.2, 0.25) is 0 Å². The van der Waals surface area contributed by atoms with E-state index >= 15 is 0 Å². The van der Waals surface area contributed by atoms with Crippen molar-refractivity contribution >= 4 is 11.8 Å². The molecule has 1 atom stereocenters. The first kappa shape index (κ1) is 25.3. The van der Waals surface area contributed by atoms with Crippen LogP contribution in [0.2, 0.25) is 0 Å². The number of carbonyl (C=O) groups excluding carboxylic acids is 2. The van der Waals surface area contributed by atoms with E-state index in [1.807, 2.05) is 32.0 Å². The van der Waals surface area contributed by atoms with Gasteiger partial charge in [0.15, 0.2) is 17.3 Å². The van der Waals surface area contributed by atoms with Crippen LogP contribution in [0.5, 0.6) is 11.5 Å². The minimum Gasteiger partial charge on any atom is -0.493 e. The molecule has 0 radical (unpaired) electrons. The van der Waals surface area contributed by atoms with E-state index in [0.29, 0.717) is 35.7 Å². The van der Waals surface area contributed by atoms with Gasteiger partial charge >= 0.3 is 5.97 Å². The van der Waals surface area contributed by atoms with Crippen LogP contribution in [0.3, 0.4) is 0 Å². The maximum absolute atomic E-state index is 13.7. The molecule has 1 aromatic carbocycles. The maximum atomic E-state index is 13.7. The third kappa shape index (κ3) is 5.26. The summed E-state index contributed by atoms with van der Waals surface area (Å²) in [6.07, 6.45) is 7.04. The number of benzene rings is 1. The second-order valence-corrected chi connectivity index (χ2v) is 10.8. The number of carbonyl (C=O) groups is 2. The van der Waals surface area contributed by atoms with E-state index in [9.17, 15) is 9.59 Å². The van der Waals surface area contributed by atoms with Gasteiger partial charge in [0.1, 0.15) is 6.10 Å². The van der Waals surface area contributed by atoms with Crippen molar-refractivity contribution < 1.29 is 23.8 Å². The minimum atomic E-state index is -0.562. The highest BCUT2D eigenvalue weighted by Crippen LogP contribution is 2.50. The van der Waals surface area contributed by atoms with Crippen LogP contribution in [0.25, 0.3) is 0 Å². The lowest BCUT2D eigenvalue weighted by molar-refractivity contribution is -0.146. The number of rotatable bonds is 7. The van der Waals surface area contributed by atoms with E-state index in [2.05, 4.69) is 19.2 Å². The van der Waals surface area contributed by atoms with Crippen molar-refractivity contribution in [2.45, 2.75) is 91.1 Å². The molecule has 1 fully saturated rings. The van der Waals surface area contributed by atoms with E-state index in [4.69, 9.17) is 14.2 Å². The summed E-state index contributed by atoms with van der Waals surface area (Å²) >= 11 is 0. The third-order valence-electron chi connectivity index (χ3n) is 7.28. The van der Waals surface area contributed by atoms with Crippen LogP contribution >= 0.6 is 0 Å². The molecule has 1 saturated carbocycles. The number of ether oxygens (including phenoxy) is 3. The Labute approximate surface area is 209 Å². The molecule has 0 unspecified atom stereocenters. The van der Waals surface area contributed by atoms with Crippen LogP contribution in [0, 0.1) is 5.41 Å². The fraction of sp³-hybridized carbons (Fsp3) is 0.586. The molecule has 0 amide bonds. The molecule has 2 aliphatic carbocycles. The average Bonchev–Trinajstić information content (AvgIpc) is 2.81. The zero-order valence-electron chi connectivity index (χ0n) is 21.8. The molecule has 0 bridgehead atoms. The molecule has 190 valence electrons. The van der Waals surface area contributed by atoms with Gasteiger partial charge < -0.3 is 19.5 Å². The van der Waals surface area contributed by atoms with Gasteiger partial charge in [0.25, 0.3) is 0 Å². The molecule has 4 rings (SSSR count). The molecule has 6 heteroatoms. The van der Waals surface area contributed by atoms with Gasteiger partial charge in [0.05, 0.1) is 25.2 Å². The van der Waals surface area contributed by atoms with Crippen LogP contribution in [0.1, 0.15) is 90.5 Å². The summed E-state index contributed by atoms with van der Waals surface area (Å²) in [5, 5.41) is 3.43. The number of hydrogen-bond acceptors (Lipinski definition) is 6. The first-order chi connectivity index (χ1) is 16.8. The second-order valence-electron chi connectivity index (χ2n) is 10.8. The Hall–Kier alpha value is -2.76. The van der Waals surface area contributed by atoms with Crippen molar-refractivity contribution in [3.8, 4) is 11.5 Å². The Balaban J connectivity index is 1.84.